The van der Waals surface area contributed by atoms with E-state index in [1.54, 1.807) is 12.4 Å². The third-order valence-electron chi connectivity index (χ3n) is 6.05. The number of nitrogens with zero attached hydrogens (tertiary/aromatic N) is 3. The van der Waals surface area contributed by atoms with E-state index in [2.05, 4.69) is 9.97 Å². The monoisotopic (exact) mass is 413 g/mol. The topological polar surface area (TPSA) is 136 Å². The molecule has 0 bridgehead atoms. The molecule has 0 radical (unpaired) electrons. The number of likely N-dealkylation sites (tertiary alicyclic amines) is 2. The summed E-state index contributed by atoms with van der Waals surface area (Å²) < 4.78 is 0. The number of carbonyl (C=O) groups is 4. The minimum absolute atomic E-state index is 0.0797. The first kappa shape index (κ1) is 20.0. The van der Waals surface area contributed by atoms with Crippen molar-refractivity contribution in [1.82, 2.24) is 25.2 Å². The van der Waals surface area contributed by atoms with Crippen LogP contribution in [0.4, 0.5) is 0 Å². The zero-order chi connectivity index (χ0) is 21.6. The zero-order valence-corrected chi connectivity index (χ0v) is 16.8. The number of rotatable bonds is 5. The van der Waals surface area contributed by atoms with Crippen molar-refractivity contribution in [3.8, 4) is 0 Å². The van der Waals surface area contributed by atoms with Gasteiger partial charge in [0.2, 0.25) is 17.7 Å². The number of carbonyl (C=O) groups excluding carboxylic acids is 4. The quantitative estimate of drug-likeness (QED) is 0.368. The van der Waals surface area contributed by atoms with E-state index >= 15 is 0 Å². The van der Waals surface area contributed by atoms with Crippen LogP contribution in [0.25, 0.3) is 11.0 Å². The minimum atomic E-state index is -1.18. The predicted molar refractivity (Wildman–Crippen MR) is 104 cm³/mol. The van der Waals surface area contributed by atoms with Crippen LogP contribution in [0.1, 0.15) is 37.6 Å². The number of H-pyrrole nitrogens is 1. The molecule has 2 saturated heterocycles. The summed E-state index contributed by atoms with van der Waals surface area (Å²) in [6.45, 7) is 3.65. The van der Waals surface area contributed by atoms with Crippen molar-refractivity contribution in [2.75, 3.05) is 13.1 Å². The maximum Gasteiger partial charge on any atom is 0.267 e. The number of benzene rings is 1. The Morgan fingerprint density at radius 3 is 2.67 bits per heavy atom. The summed E-state index contributed by atoms with van der Waals surface area (Å²) in [4.78, 5) is 59.8. The minimum Gasteiger partial charge on any atom is -0.341 e. The molecule has 2 aliphatic rings. The van der Waals surface area contributed by atoms with Gasteiger partial charge >= 0.3 is 0 Å². The molecule has 3 N–H and O–H groups in total. The molecule has 1 aromatic carbocycles. The molecule has 4 rings (SSSR count). The largest absolute Gasteiger partial charge is 0.341 e. The van der Waals surface area contributed by atoms with Gasteiger partial charge in [-0.05, 0) is 38.0 Å². The normalized spacial score (nSPS) is 23.0. The van der Waals surface area contributed by atoms with Crippen LogP contribution in [-0.4, -0.2) is 67.7 Å². The maximum atomic E-state index is 13.4. The van der Waals surface area contributed by atoms with Crippen molar-refractivity contribution in [1.29, 1.82) is 0 Å². The van der Waals surface area contributed by atoms with Crippen molar-refractivity contribution < 1.29 is 24.4 Å². The van der Waals surface area contributed by atoms with Crippen molar-refractivity contribution in [2.24, 2.45) is 0 Å². The van der Waals surface area contributed by atoms with E-state index < -0.39 is 29.2 Å². The molecule has 2 fully saturated rings. The number of aromatic nitrogens is 2. The average molecular weight is 413 g/mol. The Hall–Kier alpha value is -3.27. The number of aromatic amines is 1. The fourth-order valence-corrected chi connectivity index (χ4v) is 4.17. The molecule has 0 aliphatic carbocycles. The lowest BCUT2D eigenvalue weighted by Crippen LogP contribution is -2.55. The summed E-state index contributed by atoms with van der Waals surface area (Å²) >= 11 is 0. The van der Waals surface area contributed by atoms with Gasteiger partial charge < -0.3 is 9.88 Å². The van der Waals surface area contributed by atoms with Gasteiger partial charge in [-0.15, -0.1) is 0 Å². The number of hydrogen-bond acceptors (Lipinski definition) is 6. The molecular weight excluding hydrogens is 390 g/mol. The Balaban J connectivity index is 1.63. The molecule has 0 saturated carbocycles. The van der Waals surface area contributed by atoms with Crippen LogP contribution in [-0.2, 0) is 24.6 Å². The average Bonchev–Trinajstić information content (AvgIpc) is 3.37. The Labute approximate surface area is 172 Å². The smallest absolute Gasteiger partial charge is 0.267 e. The molecule has 30 heavy (non-hydrogen) atoms. The Bertz CT molecular complexity index is 1050. The molecule has 1 aromatic heterocycles. The molecule has 3 heterocycles. The van der Waals surface area contributed by atoms with Crippen LogP contribution < -0.4 is 5.48 Å². The van der Waals surface area contributed by atoms with Gasteiger partial charge in [0.25, 0.3) is 5.91 Å². The highest BCUT2D eigenvalue weighted by Crippen LogP contribution is 2.36. The van der Waals surface area contributed by atoms with Crippen LogP contribution in [0, 0.1) is 6.92 Å². The van der Waals surface area contributed by atoms with Gasteiger partial charge in [-0.1, -0.05) is 6.07 Å². The predicted octanol–water partition coefficient (Wildman–Crippen LogP) is 0.384. The van der Waals surface area contributed by atoms with Gasteiger partial charge in [0.05, 0.1) is 17.6 Å². The Morgan fingerprint density at radius 2 is 2.00 bits per heavy atom. The van der Waals surface area contributed by atoms with Crippen molar-refractivity contribution >= 4 is 34.7 Å². The lowest BCUT2D eigenvalue weighted by Gasteiger charge is -2.30. The van der Waals surface area contributed by atoms with Crippen LogP contribution in [0.15, 0.2) is 18.2 Å². The number of hydrogen-bond donors (Lipinski definition) is 3. The highest BCUT2D eigenvalue weighted by Gasteiger charge is 2.50. The lowest BCUT2D eigenvalue weighted by atomic mass is 9.88. The van der Waals surface area contributed by atoms with Crippen LogP contribution >= 0.6 is 0 Å². The number of fused-ring (bicyclic) bond motifs is 1. The van der Waals surface area contributed by atoms with Crippen LogP contribution in [0.5, 0.6) is 0 Å². The molecule has 0 spiro atoms. The summed E-state index contributed by atoms with van der Waals surface area (Å²) in [5.74, 6) is -1.49. The third-order valence-corrected chi connectivity index (χ3v) is 6.05. The molecule has 158 valence electrons. The fourth-order valence-electron chi connectivity index (χ4n) is 4.17. The second kappa shape index (κ2) is 7.21. The van der Waals surface area contributed by atoms with E-state index in [0.29, 0.717) is 12.2 Å². The van der Waals surface area contributed by atoms with Crippen LogP contribution in [0.3, 0.4) is 0 Å². The van der Waals surface area contributed by atoms with Crippen molar-refractivity contribution in [3.63, 3.8) is 0 Å². The van der Waals surface area contributed by atoms with Crippen LogP contribution in [0.2, 0.25) is 0 Å². The first-order chi connectivity index (χ1) is 14.2. The molecule has 2 aliphatic heterocycles. The van der Waals surface area contributed by atoms with Gasteiger partial charge in [0.15, 0.2) is 0 Å². The Kier molecular flexibility index (Phi) is 4.81. The number of nitrogens with one attached hydrogen (secondary N) is 2. The third kappa shape index (κ3) is 3.13. The molecule has 10 heteroatoms. The first-order valence-electron chi connectivity index (χ1n) is 9.79. The second-order valence-corrected chi connectivity index (χ2v) is 8.08. The van der Waals surface area contributed by atoms with Gasteiger partial charge in [-0.25, -0.2) is 10.5 Å². The van der Waals surface area contributed by atoms with Gasteiger partial charge in [-0.3, -0.25) is 29.3 Å². The van der Waals surface area contributed by atoms with Gasteiger partial charge in [0.1, 0.15) is 17.3 Å². The van der Waals surface area contributed by atoms with Gasteiger partial charge in [-0.2, -0.15) is 0 Å². The summed E-state index contributed by atoms with van der Waals surface area (Å²) in [5.41, 5.74) is 3.16. The van der Waals surface area contributed by atoms with E-state index in [1.807, 2.05) is 25.1 Å². The SMILES string of the molecule is Cc1ccc2nc(C3(C)CCN(C(CN4C(=O)CCC4=O)C(=O)NO)C3=O)[nH]c2c1. The maximum absolute atomic E-state index is 13.4. The van der Waals surface area contributed by atoms with E-state index in [1.165, 1.54) is 4.90 Å². The highest BCUT2D eigenvalue weighted by atomic mass is 16.5. The standard InChI is InChI=1S/C20H23N5O5/c1-11-3-4-12-13(9-11)22-18(21-12)20(2)7-8-24(19(20)29)14(17(28)23-30)10-25-15(26)5-6-16(25)27/h3-4,9,14,30H,5-8,10H2,1-2H3,(H,21,22)(H,23,28). The molecule has 2 atom stereocenters. The summed E-state index contributed by atoms with van der Waals surface area (Å²) in [7, 11) is 0. The second-order valence-electron chi connectivity index (χ2n) is 8.08. The number of aryl methyl sites for hydroxylation is 1. The van der Waals surface area contributed by atoms with E-state index in [4.69, 9.17) is 0 Å². The summed E-state index contributed by atoms with van der Waals surface area (Å²) in [5, 5.41) is 9.18. The van der Waals surface area contributed by atoms with E-state index in [9.17, 15) is 24.4 Å². The number of imidazole rings is 1. The first-order valence-corrected chi connectivity index (χ1v) is 9.79. The molecular formula is C20H23N5O5. The summed E-state index contributed by atoms with van der Waals surface area (Å²) in [6, 6.07) is 4.57. The van der Waals surface area contributed by atoms with E-state index in [-0.39, 0.29) is 31.8 Å². The van der Waals surface area contributed by atoms with Crippen molar-refractivity contribution in [3.05, 3.63) is 29.6 Å². The summed E-state index contributed by atoms with van der Waals surface area (Å²) in [6.07, 6.45) is 0.550. The number of hydroxylamine groups is 1. The highest BCUT2D eigenvalue weighted by molar-refractivity contribution is 6.03. The Morgan fingerprint density at radius 1 is 1.30 bits per heavy atom. The lowest BCUT2D eigenvalue weighted by molar-refractivity contribution is -0.148. The van der Waals surface area contributed by atoms with Gasteiger partial charge in [0, 0.05) is 19.4 Å². The van der Waals surface area contributed by atoms with Crippen molar-refractivity contribution in [2.45, 2.75) is 44.6 Å². The molecule has 2 unspecified atom stereocenters. The fraction of sp³-hybridized carbons (Fsp3) is 0.450. The number of imide groups is 1. The van der Waals surface area contributed by atoms with E-state index in [0.717, 1.165) is 21.5 Å². The molecule has 4 amide bonds. The number of amides is 4. The molecule has 2 aromatic rings. The molecule has 10 nitrogen and oxygen atoms in total. The zero-order valence-electron chi connectivity index (χ0n) is 16.8.